The third-order valence-electron chi connectivity index (χ3n) is 4.59. The van der Waals surface area contributed by atoms with E-state index in [-0.39, 0.29) is 11.9 Å². The Morgan fingerprint density at radius 2 is 2.04 bits per heavy atom. The first-order valence-corrected chi connectivity index (χ1v) is 8.63. The van der Waals surface area contributed by atoms with E-state index in [2.05, 4.69) is 30.6 Å². The van der Waals surface area contributed by atoms with E-state index in [1.54, 1.807) is 11.2 Å². The Balaban J connectivity index is 2.00. The lowest BCUT2D eigenvalue weighted by atomic mass is 10.1. The fourth-order valence-corrected chi connectivity index (χ4v) is 2.96. The predicted octanol–water partition coefficient (Wildman–Crippen LogP) is 3.90. The minimum Gasteiger partial charge on any atom is -0.467 e. The van der Waals surface area contributed by atoms with E-state index in [4.69, 9.17) is 4.42 Å². The van der Waals surface area contributed by atoms with Gasteiger partial charge in [-0.3, -0.25) is 9.48 Å². The lowest BCUT2D eigenvalue weighted by molar-refractivity contribution is -0.132. The van der Waals surface area contributed by atoms with Crippen molar-refractivity contribution in [3.05, 3.63) is 41.1 Å². The third kappa shape index (κ3) is 4.08. The van der Waals surface area contributed by atoms with E-state index in [1.165, 1.54) is 11.3 Å². The number of hydrogen-bond donors (Lipinski definition) is 0. The molecule has 5 heteroatoms. The van der Waals surface area contributed by atoms with E-state index in [0.717, 1.165) is 24.4 Å². The van der Waals surface area contributed by atoms with Gasteiger partial charge < -0.3 is 9.32 Å². The van der Waals surface area contributed by atoms with Crippen molar-refractivity contribution in [2.45, 2.75) is 60.0 Å². The predicted molar refractivity (Wildman–Crippen MR) is 94.8 cm³/mol. The first-order chi connectivity index (χ1) is 11.3. The van der Waals surface area contributed by atoms with Crippen LogP contribution >= 0.6 is 0 Å². The number of carbonyl (C=O) groups excluding carboxylic acids is 1. The lowest BCUT2D eigenvalue weighted by Crippen LogP contribution is -2.29. The molecule has 1 amide bonds. The highest BCUT2D eigenvalue weighted by molar-refractivity contribution is 5.76. The number of amides is 1. The van der Waals surface area contributed by atoms with Crippen LogP contribution in [0.15, 0.2) is 22.8 Å². The highest BCUT2D eigenvalue weighted by Gasteiger charge is 2.20. The lowest BCUT2D eigenvalue weighted by Gasteiger charge is -2.23. The molecule has 0 fully saturated rings. The molecule has 24 heavy (non-hydrogen) atoms. The maximum atomic E-state index is 12.5. The molecular weight excluding hydrogens is 302 g/mol. The average Bonchev–Trinajstić information content (AvgIpc) is 3.13. The maximum absolute atomic E-state index is 12.5. The number of carbonyl (C=O) groups is 1. The van der Waals surface area contributed by atoms with Gasteiger partial charge in [0.15, 0.2) is 0 Å². The van der Waals surface area contributed by atoms with Crippen LogP contribution in [0.25, 0.3) is 0 Å². The summed E-state index contributed by atoms with van der Waals surface area (Å²) < 4.78 is 7.47. The molecule has 2 aromatic heterocycles. The third-order valence-corrected chi connectivity index (χ3v) is 4.59. The first kappa shape index (κ1) is 18.3. The van der Waals surface area contributed by atoms with Gasteiger partial charge in [0.2, 0.25) is 5.91 Å². The molecule has 0 aliphatic rings. The Hall–Kier alpha value is -2.04. The van der Waals surface area contributed by atoms with Gasteiger partial charge in [0, 0.05) is 25.7 Å². The van der Waals surface area contributed by atoms with E-state index in [9.17, 15) is 4.79 Å². The Morgan fingerprint density at radius 1 is 1.33 bits per heavy atom. The van der Waals surface area contributed by atoms with Crippen molar-refractivity contribution in [2.75, 3.05) is 7.05 Å². The summed E-state index contributed by atoms with van der Waals surface area (Å²) in [7, 11) is 1.83. The van der Waals surface area contributed by atoms with Crippen LogP contribution in [-0.2, 0) is 17.8 Å². The van der Waals surface area contributed by atoms with Crippen molar-refractivity contribution in [1.29, 1.82) is 0 Å². The molecule has 1 unspecified atom stereocenters. The topological polar surface area (TPSA) is 51.3 Å². The fraction of sp³-hybridized carbons (Fsp3) is 0.579. The number of furan rings is 1. The quantitative estimate of drug-likeness (QED) is 0.773. The molecule has 0 saturated heterocycles. The zero-order valence-electron chi connectivity index (χ0n) is 15.7. The van der Waals surface area contributed by atoms with Gasteiger partial charge in [-0.1, -0.05) is 13.8 Å². The van der Waals surface area contributed by atoms with Crippen LogP contribution in [0, 0.1) is 19.8 Å². The second-order valence-electron chi connectivity index (χ2n) is 6.92. The van der Waals surface area contributed by atoms with Gasteiger partial charge in [0.05, 0.1) is 18.0 Å². The molecule has 1 atom stereocenters. The summed E-state index contributed by atoms with van der Waals surface area (Å²) in [5.74, 6) is 1.48. The Bertz CT molecular complexity index is 671. The molecule has 2 heterocycles. The molecule has 5 nitrogen and oxygen atoms in total. The number of rotatable bonds is 7. The molecule has 0 radical (unpaired) electrons. The zero-order valence-corrected chi connectivity index (χ0v) is 15.7. The monoisotopic (exact) mass is 331 g/mol. The highest BCUT2D eigenvalue weighted by Crippen LogP contribution is 2.21. The number of nitrogens with zero attached hydrogens (tertiary/aromatic N) is 3. The second kappa shape index (κ2) is 7.69. The molecular formula is C19H29N3O2. The molecule has 2 aromatic rings. The Morgan fingerprint density at radius 3 is 2.62 bits per heavy atom. The summed E-state index contributed by atoms with van der Waals surface area (Å²) in [6.45, 7) is 11.4. The van der Waals surface area contributed by atoms with E-state index in [0.29, 0.717) is 12.3 Å². The number of aryl methyl sites for hydroxylation is 1. The number of hydrogen-bond acceptors (Lipinski definition) is 3. The highest BCUT2D eigenvalue weighted by atomic mass is 16.3. The van der Waals surface area contributed by atoms with Crippen LogP contribution in [0.1, 0.15) is 55.9 Å². The van der Waals surface area contributed by atoms with Gasteiger partial charge in [-0.05, 0) is 50.8 Å². The van der Waals surface area contributed by atoms with Gasteiger partial charge in [-0.15, -0.1) is 0 Å². The summed E-state index contributed by atoms with van der Waals surface area (Å²) in [5, 5.41) is 4.63. The smallest absolute Gasteiger partial charge is 0.223 e. The van der Waals surface area contributed by atoms with Gasteiger partial charge >= 0.3 is 0 Å². The van der Waals surface area contributed by atoms with Crippen molar-refractivity contribution in [3.63, 3.8) is 0 Å². The minimum atomic E-state index is -0.0571. The van der Waals surface area contributed by atoms with Gasteiger partial charge in [0.25, 0.3) is 0 Å². The molecule has 0 spiro atoms. The normalized spacial score (nSPS) is 12.6. The van der Waals surface area contributed by atoms with Crippen LogP contribution in [-0.4, -0.2) is 27.6 Å². The fourth-order valence-electron chi connectivity index (χ4n) is 2.96. The van der Waals surface area contributed by atoms with Crippen LogP contribution in [0.3, 0.4) is 0 Å². The van der Waals surface area contributed by atoms with Crippen LogP contribution in [0.4, 0.5) is 0 Å². The van der Waals surface area contributed by atoms with Crippen LogP contribution in [0.5, 0.6) is 0 Å². The minimum absolute atomic E-state index is 0.0571. The SMILES string of the molecule is Cc1nn(CC(C)C)c(C)c1CCC(=O)N(C)C(C)c1ccco1. The molecule has 132 valence electrons. The van der Waals surface area contributed by atoms with Crippen molar-refractivity contribution >= 4 is 5.91 Å². The average molecular weight is 331 g/mol. The van der Waals surface area contributed by atoms with Crippen molar-refractivity contribution < 1.29 is 9.21 Å². The van der Waals surface area contributed by atoms with Gasteiger partial charge in [-0.2, -0.15) is 5.10 Å². The molecule has 0 saturated carbocycles. The Kier molecular flexibility index (Phi) is 5.86. The molecule has 2 rings (SSSR count). The summed E-state index contributed by atoms with van der Waals surface area (Å²) in [6.07, 6.45) is 2.85. The summed E-state index contributed by atoms with van der Waals surface area (Å²) in [5.41, 5.74) is 3.40. The molecule has 0 aromatic carbocycles. The van der Waals surface area contributed by atoms with E-state index in [1.807, 2.05) is 33.0 Å². The summed E-state index contributed by atoms with van der Waals surface area (Å²) >= 11 is 0. The molecule has 0 aliphatic heterocycles. The first-order valence-electron chi connectivity index (χ1n) is 8.63. The van der Waals surface area contributed by atoms with Gasteiger partial charge in [-0.25, -0.2) is 0 Å². The van der Waals surface area contributed by atoms with Gasteiger partial charge in [0.1, 0.15) is 5.76 Å². The molecule has 0 aliphatic carbocycles. The van der Waals surface area contributed by atoms with E-state index < -0.39 is 0 Å². The van der Waals surface area contributed by atoms with Crippen molar-refractivity contribution in [1.82, 2.24) is 14.7 Å². The van der Waals surface area contributed by atoms with Crippen LogP contribution < -0.4 is 0 Å². The van der Waals surface area contributed by atoms with E-state index >= 15 is 0 Å². The zero-order chi connectivity index (χ0) is 17.9. The van der Waals surface area contributed by atoms with Crippen LogP contribution in [0.2, 0.25) is 0 Å². The second-order valence-corrected chi connectivity index (χ2v) is 6.92. The van der Waals surface area contributed by atoms with Crippen molar-refractivity contribution in [3.8, 4) is 0 Å². The maximum Gasteiger partial charge on any atom is 0.223 e. The standard InChI is InChI=1S/C19H29N3O2/c1-13(2)12-22-15(4)17(14(3)20-22)9-10-19(23)21(6)16(5)18-8-7-11-24-18/h7-8,11,13,16H,9-10,12H2,1-6H3. The molecule has 0 bridgehead atoms. The number of aromatic nitrogens is 2. The summed E-state index contributed by atoms with van der Waals surface area (Å²) in [4.78, 5) is 14.3. The largest absolute Gasteiger partial charge is 0.467 e. The van der Waals surface area contributed by atoms with Crippen molar-refractivity contribution in [2.24, 2.45) is 5.92 Å². The Labute approximate surface area is 144 Å². The summed E-state index contributed by atoms with van der Waals surface area (Å²) in [6, 6.07) is 3.69. The molecule has 0 N–H and O–H groups in total.